The number of carboxylic acid groups (broad SMARTS) is 1. The van der Waals surface area contributed by atoms with Gasteiger partial charge in [0.25, 0.3) is 0 Å². The highest BCUT2D eigenvalue weighted by Gasteiger charge is 2.17. The molecule has 0 bridgehead atoms. The number of carboxylic acids is 1. The molecule has 0 aliphatic carbocycles. The fourth-order valence-electron chi connectivity index (χ4n) is 2.86. The van der Waals surface area contributed by atoms with E-state index in [4.69, 9.17) is 5.11 Å². The Hall–Kier alpha value is -3.61. The number of hydrogen-bond donors (Lipinski definition) is 1. The van der Waals surface area contributed by atoms with E-state index >= 15 is 0 Å². The van der Waals surface area contributed by atoms with Gasteiger partial charge in [0.1, 0.15) is 0 Å². The molecule has 0 aliphatic rings. The molecule has 1 N–H and O–H groups in total. The summed E-state index contributed by atoms with van der Waals surface area (Å²) in [4.78, 5) is 59.5. The van der Waals surface area contributed by atoms with E-state index in [1.165, 1.54) is 18.2 Å². The number of furan rings is 1. The molecule has 1 aromatic heterocycles. The predicted molar refractivity (Wildman–Crippen MR) is 85.6 cm³/mol. The van der Waals surface area contributed by atoms with Gasteiger partial charge in [0.05, 0.1) is 16.3 Å². The number of fused-ring (bicyclic) bond motifs is 3. The number of benzene rings is 3. The van der Waals surface area contributed by atoms with Crippen LogP contribution in [0.25, 0.3) is 32.3 Å². The zero-order chi connectivity index (χ0) is 17.2. The average molecular weight is 322 g/mol. The summed E-state index contributed by atoms with van der Waals surface area (Å²) < 4.78 is 4.47. The minimum atomic E-state index is -1.23. The highest BCUT2D eigenvalue weighted by atomic mass is 16.4. The first-order valence-electron chi connectivity index (χ1n) is 6.80. The second-order valence-electron chi connectivity index (χ2n) is 5.34. The van der Waals surface area contributed by atoms with Gasteiger partial charge in [0, 0.05) is 21.5 Å². The third-order valence-electron chi connectivity index (χ3n) is 4.03. The van der Waals surface area contributed by atoms with Gasteiger partial charge in [-0.2, -0.15) is 0 Å². The molecule has 116 valence electrons. The van der Waals surface area contributed by atoms with Crippen LogP contribution in [0, 0.1) is 0 Å². The van der Waals surface area contributed by atoms with Crippen molar-refractivity contribution in [2.45, 2.75) is 0 Å². The first kappa shape index (κ1) is 14.0. The lowest BCUT2D eigenvalue weighted by Crippen LogP contribution is -2.14. The summed E-state index contributed by atoms with van der Waals surface area (Å²) >= 11 is 0. The molecule has 0 saturated carbocycles. The Morgan fingerprint density at radius 3 is 1.75 bits per heavy atom. The second-order valence-corrected chi connectivity index (χ2v) is 5.34. The number of hydrogen-bond acceptors (Lipinski definition) is 6. The zero-order valence-electron chi connectivity index (χ0n) is 11.8. The van der Waals surface area contributed by atoms with Crippen molar-refractivity contribution in [3.05, 3.63) is 77.2 Å². The van der Waals surface area contributed by atoms with Crippen LogP contribution in [-0.4, -0.2) is 11.1 Å². The van der Waals surface area contributed by atoms with Crippen molar-refractivity contribution >= 4 is 38.3 Å². The van der Waals surface area contributed by atoms with Crippen molar-refractivity contribution in [3.8, 4) is 0 Å². The normalized spacial score (nSPS) is 11.5. The summed E-state index contributed by atoms with van der Waals surface area (Å²) in [6.07, 6.45) is 0. The van der Waals surface area contributed by atoms with E-state index in [0.29, 0.717) is 0 Å². The maximum atomic E-state index is 12.6. The minimum absolute atomic E-state index is 0.0130. The molecular formula is C17H6O7. The van der Waals surface area contributed by atoms with Crippen LogP contribution in [-0.2, 0) is 0 Å². The predicted octanol–water partition coefficient (Wildman–Crippen LogP) is 0.754. The van der Waals surface area contributed by atoms with Gasteiger partial charge >= 0.3 is 17.2 Å². The van der Waals surface area contributed by atoms with Crippen LogP contribution in [0.3, 0.4) is 0 Å². The second kappa shape index (κ2) is 4.45. The van der Waals surface area contributed by atoms with Crippen LogP contribution in [0.5, 0.6) is 0 Å². The van der Waals surface area contributed by atoms with Gasteiger partial charge in [-0.3, -0.25) is 9.59 Å². The highest BCUT2D eigenvalue weighted by Crippen LogP contribution is 2.18. The van der Waals surface area contributed by atoms with Crippen LogP contribution >= 0.6 is 0 Å². The van der Waals surface area contributed by atoms with Gasteiger partial charge in [-0.15, -0.1) is 0 Å². The summed E-state index contributed by atoms with van der Waals surface area (Å²) in [6, 6.07) is 5.93. The average Bonchev–Trinajstić information content (AvgIpc) is 2.84. The van der Waals surface area contributed by atoms with Gasteiger partial charge in [-0.25, -0.2) is 14.4 Å². The first-order chi connectivity index (χ1) is 11.4. The molecule has 0 radical (unpaired) electrons. The van der Waals surface area contributed by atoms with Gasteiger partial charge in [-0.05, 0) is 30.3 Å². The molecule has 7 heteroatoms. The van der Waals surface area contributed by atoms with Crippen molar-refractivity contribution in [2.24, 2.45) is 0 Å². The van der Waals surface area contributed by atoms with Crippen LogP contribution < -0.4 is 22.1 Å². The summed E-state index contributed by atoms with van der Waals surface area (Å²) in [5.74, 6) is -1.23. The quantitative estimate of drug-likeness (QED) is 0.514. The molecule has 1 heterocycles. The molecule has 0 saturated heterocycles. The smallest absolute Gasteiger partial charge is 0.346 e. The standard InChI is InChI=1S/C17H6O7/c18-13-7-2-1-6(15(20)21)3-8(7)14(19)10-5-12-11(4-9(10)13)16(22)24-17(12)23/h1-5H,(H,20,21). The third-order valence-corrected chi connectivity index (χ3v) is 4.03. The molecular weight excluding hydrogens is 316 g/mol. The first-order valence-corrected chi connectivity index (χ1v) is 6.80. The Kier molecular flexibility index (Phi) is 2.60. The summed E-state index contributed by atoms with van der Waals surface area (Å²) in [6.45, 7) is 0. The molecule has 0 fully saturated rings. The number of carbonyl (C=O) groups is 1. The topological polar surface area (TPSA) is 119 Å². The van der Waals surface area contributed by atoms with E-state index in [2.05, 4.69) is 4.42 Å². The molecule has 0 aliphatic heterocycles. The molecule has 7 nitrogen and oxygen atoms in total. The molecule has 0 unspecified atom stereocenters. The van der Waals surface area contributed by atoms with Crippen molar-refractivity contribution in [3.63, 3.8) is 0 Å². The van der Waals surface area contributed by atoms with Crippen LogP contribution in [0.4, 0.5) is 0 Å². The van der Waals surface area contributed by atoms with E-state index in [9.17, 15) is 24.0 Å². The van der Waals surface area contributed by atoms with E-state index in [1.54, 1.807) is 0 Å². The Bertz CT molecular complexity index is 1400. The van der Waals surface area contributed by atoms with Gasteiger partial charge < -0.3 is 9.52 Å². The Balaban J connectivity index is 2.32. The Morgan fingerprint density at radius 1 is 0.708 bits per heavy atom. The fraction of sp³-hybridized carbons (Fsp3) is 0. The molecule has 0 amide bonds. The van der Waals surface area contributed by atoms with E-state index in [0.717, 1.165) is 12.1 Å². The monoisotopic (exact) mass is 322 g/mol. The molecule has 4 aromatic rings. The Labute approximate surface area is 130 Å². The summed E-state index contributed by atoms with van der Waals surface area (Å²) in [5, 5.41) is 8.81. The highest BCUT2D eigenvalue weighted by molar-refractivity contribution is 6.05. The van der Waals surface area contributed by atoms with Crippen LogP contribution in [0.2, 0.25) is 0 Å². The van der Waals surface area contributed by atoms with E-state index in [-0.39, 0.29) is 37.9 Å². The maximum absolute atomic E-state index is 12.6. The maximum Gasteiger partial charge on any atom is 0.346 e. The van der Waals surface area contributed by atoms with Crippen molar-refractivity contribution < 1.29 is 14.3 Å². The summed E-state index contributed by atoms with van der Waals surface area (Å²) in [5.41, 5.74) is -2.99. The lowest BCUT2D eigenvalue weighted by Gasteiger charge is -2.02. The molecule has 0 atom stereocenters. The molecule has 24 heavy (non-hydrogen) atoms. The minimum Gasteiger partial charge on any atom is -0.478 e. The van der Waals surface area contributed by atoms with Crippen molar-refractivity contribution in [2.75, 3.05) is 0 Å². The fourth-order valence-corrected chi connectivity index (χ4v) is 2.86. The lowest BCUT2D eigenvalue weighted by atomic mass is 9.99. The van der Waals surface area contributed by atoms with Gasteiger partial charge in [-0.1, -0.05) is 0 Å². The van der Waals surface area contributed by atoms with Crippen molar-refractivity contribution in [1.82, 2.24) is 0 Å². The van der Waals surface area contributed by atoms with Gasteiger partial charge in [0.2, 0.25) is 0 Å². The van der Waals surface area contributed by atoms with Crippen molar-refractivity contribution in [1.29, 1.82) is 0 Å². The molecule has 0 spiro atoms. The number of rotatable bonds is 1. The third kappa shape index (κ3) is 1.69. The SMILES string of the molecule is O=C(O)c1ccc2c(=O)c3cc4c(=O)oc(=O)c4cc3c(=O)c2c1. The van der Waals surface area contributed by atoms with E-state index in [1.807, 2.05) is 0 Å². The largest absolute Gasteiger partial charge is 0.478 e. The lowest BCUT2D eigenvalue weighted by molar-refractivity contribution is 0.0697. The van der Waals surface area contributed by atoms with Gasteiger partial charge in [0.15, 0.2) is 10.9 Å². The Morgan fingerprint density at radius 2 is 1.21 bits per heavy atom. The summed E-state index contributed by atoms with van der Waals surface area (Å²) in [7, 11) is 0. The molecule has 4 rings (SSSR count). The van der Waals surface area contributed by atoms with Crippen LogP contribution in [0.15, 0.2) is 53.9 Å². The molecule has 3 aromatic carbocycles. The van der Waals surface area contributed by atoms with E-state index < -0.39 is 28.1 Å². The van der Waals surface area contributed by atoms with Crippen LogP contribution in [0.1, 0.15) is 10.4 Å². The number of aromatic carboxylic acids is 1. The zero-order valence-corrected chi connectivity index (χ0v) is 11.8.